The van der Waals surface area contributed by atoms with E-state index in [1.54, 1.807) is 6.07 Å². The highest BCUT2D eigenvalue weighted by molar-refractivity contribution is 9.10. The van der Waals surface area contributed by atoms with Crippen LogP contribution >= 0.6 is 27.5 Å². The van der Waals surface area contributed by atoms with Gasteiger partial charge in [-0.05, 0) is 29.7 Å². The lowest BCUT2D eigenvalue weighted by molar-refractivity contribution is -0.119. The Balaban J connectivity index is 1.81. The number of nitrogens with zero attached hydrogens (tertiary/aromatic N) is 1. The second-order valence-electron chi connectivity index (χ2n) is 8.76. The van der Waals surface area contributed by atoms with E-state index in [9.17, 15) is 10.1 Å². The molecule has 4 rings (SSSR count). The first-order valence-electron chi connectivity index (χ1n) is 10.2. The molecular weight excluding hydrogens is 492 g/mol. The van der Waals surface area contributed by atoms with Gasteiger partial charge in [0.15, 0.2) is 5.78 Å². The molecule has 2 N–H and O–H groups in total. The number of nitriles is 1. The summed E-state index contributed by atoms with van der Waals surface area (Å²) in [7, 11) is 0. The van der Waals surface area contributed by atoms with Crippen molar-refractivity contribution in [3.8, 4) is 11.8 Å². The Morgan fingerprint density at radius 1 is 1.28 bits per heavy atom. The molecular formula is C25H22BrClN2O3. The molecule has 0 radical (unpaired) electrons. The van der Waals surface area contributed by atoms with Gasteiger partial charge in [-0.1, -0.05) is 59.6 Å². The maximum absolute atomic E-state index is 13.2. The van der Waals surface area contributed by atoms with Crippen LogP contribution in [0.3, 0.4) is 0 Å². The molecule has 7 heteroatoms. The molecule has 0 unspecified atom stereocenters. The van der Waals surface area contributed by atoms with E-state index in [-0.39, 0.29) is 29.3 Å². The first-order chi connectivity index (χ1) is 15.2. The van der Waals surface area contributed by atoms with Crippen LogP contribution < -0.4 is 10.5 Å². The minimum Gasteiger partial charge on any atom is -0.489 e. The molecule has 0 bridgehead atoms. The first kappa shape index (κ1) is 22.4. The molecule has 2 aromatic carbocycles. The molecule has 5 nitrogen and oxygen atoms in total. The highest BCUT2D eigenvalue weighted by Crippen LogP contribution is 2.50. The van der Waals surface area contributed by atoms with E-state index >= 15 is 0 Å². The van der Waals surface area contributed by atoms with Gasteiger partial charge in [0.05, 0.1) is 5.92 Å². The van der Waals surface area contributed by atoms with Crippen molar-refractivity contribution in [1.29, 1.82) is 5.26 Å². The average Bonchev–Trinajstić information content (AvgIpc) is 2.72. The van der Waals surface area contributed by atoms with E-state index < -0.39 is 5.92 Å². The maximum Gasteiger partial charge on any atom is 0.205 e. The van der Waals surface area contributed by atoms with Crippen LogP contribution in [0.5, 0.6) is 5.75 Å². The molecule has 32 heavy (non-hydrogen) atoms. The fraction of sp³-hybridized carbons (Fsp3) is 0.280. The van der Waals surface area contributed by atoms with Crippen molar-refractivity contribution in [2.75, 3.05) is 0 Å². The molecule has 0 saturated heterocycles. The normalized spacial score (nSPS) is 19.8. The van der Waals surface area contributed by atoms with Crippen molar-refractivity contribution in [2.24, 2.45) is 11.1 Å². The summed E-state index contributed by atoms with van der Waals surface area (Å²) in [6.07, 6.45) is 0.932. The van der Waals surface area contributed by atoms with Crippen LogP contribution in [0.4, 0.5) is 0 Å². The Hall–Kier alpha value is -2.75. The molecule has 0 spiro atoms. The summed E-state index contributed by atoms with van der Waals surface area (Å²) < 4.78 is 12.7. The molecule has 0 fully saturated rings. The van der Waals surface area contributed by atoms with Crippen LogP contribution in [0.25, 0.3) is 0 Å². The maximum atomic E-state index is 13.2. The number of hydrogen-bond acceptors (Lipinski definition) is 5. The summed E-state index contributed by atoms with van der Waals surface area (Å²) in [6.45, 7) is 4.28. The number of Topliss-reactive ketones (excluding diaryl/α,β-unsaturated/α-hetero) is 1. The van der Waals surface area contributed by atoms with Gasteiger partial charge in [-0.25, -0.2) is 0 Å². The lowest BCUT2D eigenvalue weighted by Crippen LogP contribution is -2.33. The van der Waals surface area contributed by atoms with Gasteiger partial charge in [-0.15, -0.1) is 0 Å². The molecule has 2 aliphatic rings. The van der Waals surface area contributed by atoms with Gasteiger partial charge < -0.3 is 15.2 Å². The van der Waals surface area contributed by atoms with Crippen LogP contribution in [-0.2, 0) is 16.1 Å². The molecule has 2 aromatic rings. The van der Waals surface area contributed by atoms with Gasteiger partial charge >= 0.3 is 0 Å². The number of carbonyl (C=O) groups excluding carboxylic acids is 1. The topological polar surface area (TPSA) is 85.3 Å². The summed E-state index contributed by atoms with van der Waals surface area (Å²) in [5.74, 6) is 0.401. The standard InChI is InChI=1S/C25H22BrClN2O3/c1-25(2)10-19(30)23-21(11-25)32-24(29)17(12-28)22(23)16-9-15(26)7-8-20(16)31-13-14-5-3-4-6-18(14)27/h3-9,22H,10-11,13,29H2,1-2H3/t22-/m1/s1. The predicted molar refractivity (Wildman–Crippen MR) is 126 cm³/mol. The molecule has 1 heterocycles. The Morgan fingerprint density at radius 2 is 2.03 bits per heavy atom. The predicted octanol–water partition coefficient (Wildman–Crippen LogP) is 6.13. The van der Waals surface area contributed by atoms with Crippen molar-refractivity contribution in [3.05, 3.63) is 85.9 Å². The van der Waals surface area contributed by atoms with Crippen LogP contribution in [-0.4, -0.2) is 5.78 Å². The number of carbonyl (C=O) groups is 1. The first-order valence-corrected chi connectivity index (χ1v) is 11.4. The van der Waals surface area contributed by atoms with Gasteiger partial charge in [-0.2, -0.15) is 5.26 Å². The quantitative estimate of drug-likeness (QED) is 0.531. The van der Waals surface area contributed by atoms with Crippen molar-refractivity contribution in [2.45, 2.75) is 39.2 Å². The monoisotopic (exact) mass is 512 g/mol. The fourth-order valence-corrected chi connectivity index (χ4v) is 4.81. The van der Waals surface area contributed by atoms with E-state index in [1.165, 1.54) is 0 Å². The summed E-state index contributed by atoms with van der Waals surface area (Å²) in [4.78, 5) is 13.2. The number of allylic oxidation sites excluding steroid dienone is 3. The summed E-state index contributed by atoms with van der Waals surface area (Å²) in [5.41, 5.74) is 8.10. The second-order valence-corrected chi connectivity index (χ2v) is 10.1. The van der Waals surface area contributed by atoms with Crippen LogP contribution in [0, 0.1) is 16.7 Å². The van der Waals surface area contributed by atoms with Gasteiger partial charge in [-0.3, -0.25) is 4.79 Å². The molecule has 1 atom stereocenters. The summed E-state index contributed by atoms with van der Waals surface area (Å²) in [6, 6.07) is 15.1. The number of nitrogens with two attached hydrogens (primary N) is 1. The molecule has 0 saturated carbocycles. The molecule has 1 aliphatic heterocycles. The van der Waals surface area contributed by atoms with Gasteiger partial charge in [0.25, 0.3) is 0 Å². The Labute approximate surface area is 200 Å². The van der Waals surface area contributed by atoms with E-state index in [1.807, 2.05) is 50.2 Å². The second kappa shape index (κ2) is 8.65. The summed E-state index contributed by atoms with van der Waals surface area (Å²) >= 11 is 9.79. The van der Waals surface area contributed by atoms with E-state index in [0.717, 1.165) is 10.0 Å². The zero-order valence-corrected chi connectivity index (χ0v) is 20.1. The number of rotatable bonds is 4. The zero-order valence-electron chi connectivity index (χ0n) is 17.7. The van der Waals surface area contributed by atoms with Crippen molar-refractivity contribution >= 4 is 33.3 Å². The Morgan fingerprint density at radius 3 is 2.75 bits per heavy atom. The van der Waals surface area contributed by atoms with Crippen molar-refractivity contribution < 1.29 is 14.3 Å². The van der Waals surface area contributed by atoms with Crippen molar-refractivity contribution in [1.82, 2.24) is 0 Å². The van der Waals surface area contributed by atoms with Gasteiger partial charge in [0.2, 0.25) is 5.88 Å². The Bertz CT molecular complexity index is 1210. The number of ketones is 1. The van der Waals surface area contributed by atoms with Crippen LogP contribution in [0.1, 0.15) is 43.7 Å². The van der Waals surface area contributed by atoms with E-state index in [2.05, 4.69) is 22.0 Å². The van der Waals surface area contributed by atoms with E-state index in [0.29, 0.717) is 40.5 Å². The minimum atomic E-state index is -0.661. The molecule has 164 valence electrons. The van der Waals surface area contributed by atoms with Crippen LogP contribution in [0.15, 0.2) is 69.7 Å². The summed E-state index contributed by atoms with van der Waals surface area (Å²) in [5, 5.41) is 10.5. The third-order valence-electron chi connectivity index (χ3n) is 5.70. The smallest absolute Gasteiger partial charge is 0.205 e. The Kier molecular flexibility index (Phi) is 6.07. The van der Waals surface area contributed by atoms with Crippen molar-refractivity contribution in [3.63, 3.8) is 0 Å². The van der Waals surface area contributed by atoms with Gasteiger partial charge in [0, 0.05) is 39.0 Å². The third-order valence-corrected chi connectivity index (χ3v) is 6.56. The molecule has 1 aliphatic carbocycles. The number of halogens is 2. The lowest BCUT2D eigenvalue weighted by atomic mass is 9.70. The van der Waals surface area contributed by atoms with E-state index in [4.69, 9.17) is 26.8 Å². The highest BCUT2D eigenvalue weighted by atomic mass is 79.9. The third kappa shape index (κ3) is 4.28. The molecule has 0 aromatic heterocycles. The number of benzene rings is 2. The van der Waals surface area contributed by atoms with Crippen LogP contribution in [0.2, 0.25) is 5.02 Å². The van der Waals surface area contributed by atoms with Gasteiger partial charge in [0.1, 0.15) is 29.8 Å². The fourth-order valence-electron chi connectivity index (χ4n) is 4.24. The highest BCUT2D eigenvalue weighted by Gasteiger charge is 2.43. The minimum absolute atomic E-state index is 0.0266. The largest absolute Gasteiger partial charge is 0.489 e. The number of hydrogen-bond donors (Lipinski definition) is 1. The lowest BCUT2D eigenvalue weighted by Gasteiger charge is -2.37. The zero-order chi connectivity index (χ0) is 23.0. The molecule has 0 amide bonds. The average molecular weight is 514 g/mol. The number of ether oxygens (including phenoxy) is 2. The SMILES string of the molecule is CC1(C)CC(=O)C2=C(C1)OC(N)=C(C#N)[C@H]2c1cc(Br)ccc1OCc1ccccc1Cl.